The molecule has 0 aliphatic heterocycles. The van der Waals surface area contributed by atoms with E-state index >= 15 is 0 Å². The lowest BCUT2D eigenvalue weighted by Crippen LogP contribution is -2.26. The van der Waals surface area contributed by atoms with E-state index < -0.39 is 0 Å². The van der Waals surface area contributed by atoms with Gasteiger partial charge in [-0.05, 0) is 30.2 Å². The van der Waals surface area contributed by atoms with Crippen molar-refractivity contribution in [2.45, 2.75) is 6.42 Å². The molecule has 0 heterocycles. The van der Waals surface area contributed by atoms with Crippen molar-refractivity contribution in [3.8, 4) is 11.8 Å². The highest BCUT2D eigenvalue weighted by Gasteiger charge is 2.08. The largest absolute Gasteiger partial charge is 0.497 e. The molecule has 0 aliphatic rings. The summed E-state index contributed by atoms with van der Waals surface area (Å²) < 4.78 is 9.98. The normalized spacial score (nSPS) is 10.8. The molecule has 106 valence electrons. The van der Waals surface area contributed by atoms with Crippen molar-refractivity contribution in [3.05, 3.63) is 35.4 Å². The minimum Gasteiger partial charge on any atom is -0.497 e. The van der Waals surface area contributed by atoms with Crippen LogP contribution in [0.3, 0.4) is 0 Å². The van der Waals surface area contributed by atoms with Crippen molar-refractivity contribution in [3.63, 3.8) is 0 Å². The Balaban J connectivity index is 2.71. The first-order valence-corrected chi connectivity index (χ1v) is 6.24. The third kappa shape index (κ3) is 5.12. The van der Waals surface area contributed by atoms with E-state index in [1.165, 1.54) is 6.08 Å². The van der Waals surface area contributed by atoms with Gasteiger partial charge in [-0.3, -0.25) is 4.79 Å². The molecule has 0 saturated carbocycles. The van der Waals surface area contributed by atoms with Gasteiger partial charge in [0.25, 0.3) is 5.91 Å². The number of nitriles is 1. The molecule has 1 aromatic rings. The molecule has 1 rings (SSSR count). The molecule has 1 amide bonds. The number of rotatable bonds is 7. The van der Waals surface area contributed by atoms with Crippen LogP contribution in [0.4, 0.5) is 0 Å². The Kier molecular flexibility index (Phi) is 6.87. The van der Waals surface area contributed by atoms with Gasteiger partial charge in [0.05, 0.1) is 7.11 Å². The Morgan fingerprint density at radius 2 is 2.25 bits per heavy atom. The monoisotopic (exact) mass is 274 g/mol. The van der Waals surface area contributed by atoms with E-state index in [1.54, 1.807) is 38.5 Å². The predicted molar refractivity (Wildman–Crippen MR) is 76.1 cm³/mol. The van der Waals surface area contributed by atoms with Crippen LogP contribution in [0.2, 0.25) is 0 Å². The molecular weight excluding hydrogens is 256 g/mol. The zero-order valence-corrected chi connectivity index (χ0v) is 11.7. The van der Waals surface area contributed by atoms with Crippen LogP contribution in [0.15, 0.2) is 29.8 Å². The van der Waals surface area contributed by atoms with Crippen LogP contribution in [0.5, 0.6) is 5.75 Å². The number of benzene rings is 1. The Morgan fingerprint density at radius 1 is 1.45 bits per heavy atom. The molecule has 0 spiro atoms. The van der Waals surface area contributed by atoms with Crippen molar-refractivity contribution < 1.29 is 14.3 Å². The summed E-state index contributed by atoms with van der Waals surface area (Å²) in [7, 11) is 3.17. The lowest BCUT2D eigenvalue weighted by molar-refractivity contribution is -0.117. The molecule has 0 radical (unpaired) electrons. The molecule has 0 bridgehead atoms. The molecule has 0 aliphatic carbocycles. The highest BCUT2D eigenvalue weighted by molar-refractivity contribution is 6.01. The number of hydrogen-bond acceptors (Lipinski definition) is 4. The molecule has 0 saturated heterocycles. The second kappa shape index (κ2) is 8.73. The summed E-state index contributed by atoms with van der Waals surface area (Å²) in [6.45, 7) is 1.05. The van der Waals surface area contributed by atoms with Crippen molar-refractivity contribution >= 4 is 12.0 Å². The minimum atomic E-state index is -0.383. The maximum Gasteiger partial charge on any atom is 0.261 e. The summed E-state index contributed by atoms with van der Waals surface area (Å²) in [6.07, 6.45) is 2.24. The number of nitrogens with zero attached hydrogens (tertiary/aromatic N) is 1. The van der Waals surface area contributed by atoms with E-state index in [0.29, 0.717) is 25.3 Å². The van der Waals surface area contributed by atoms with Gasteiger partial charge in [0.1, 0.15) is 17.4 Å². The molecule has 5 nitrogen and oxygen atoms in total. The lowest BCUT2D eigenvalue weighted by Gasteiger charge is -2.04. The summed E-state index contributed by atoms with van der Waals surface area (Å²) in [5.74, 6) is 0.294. The second-order valence-electron chi connectivity index (χ2n) is 4.05. The van der Waals surface area contributed by atoms with Gasteiger partial charge in [0.15, 0.2) is 0 Å². The van der Waals surface area contributed by atoms with Crippen LogP contribution in [0.25, 0.3) is 6.08 Å². The molecular formula is C15H18N2O3. The highest BCUT2D eigenvalue weighted by atomic mass is 16.5. The number of carbonyl (C=O) groups is 1. The van der Waals surface area contributed by atoms with Gasteiger partial charge >= 0.3 is 0 Å². The number of nitrogens with one attached hydrogen (secondary N) is 1. The number of ether oxygens (including phenoxy) is 2. The summed E-state index contributed by atoms with van der Waals surface area (Å²) in [4.78, 5) is 11.8. The minimum absolute atomic E-state index is 0.0654. The highest BCUT2D eigenvalue weighted by Crippen LogP contribution is 2.15. The van der Waals surface area contributed by atoms with Crippen LogP contribution >= 0.6 is 0 Å². The summed E-state index contributed by atoms with van der Waals surface area (Å²) in [5, 5.41) is 11.7. The van der Waals surface area contributed by atoms with Crippen molar-refractivity contribution in [2.75, 3.05) is 27.4 Å². The summed E-state index contributed by atoms with van der Waals surface area (Å²) >= 11 is 0. The zero-order valence-electron chi connectivity index (χ0n) is 11.7. The number of methoxy groups -OCH3 is 2. The summed E-state index contributed by atoms with van der Waals surface area (Å²) in [5.41, 5.74) is 0.809. The van der Waals surface area contributed by atoms with Crippen molar-refractivity contribution in [1.82, 2.24) is 5.32 Å². The molecule has 1 aromatic carbocycles. The molecule has 0 fully saturated rings. The topological polar surface area (TPSA) is 71.3 Å². The maximum absolute atomic E-state index is 11.8. The van der Waals surface area contributed by atoms with E-state index in [-0.39, 0.29) is 11.5 Å². The quantitative estimate of drug-likeness (QED) is 0.467. The molecule has 0 aromatic heterocycles. The van der Waals surface area contributed by atoms with Gasteiger partial charge in [-0.2, -0.15) is 5.26 Å². The van der Waals surface area contributed by atoms with E-state index in [4.69, 9.17) is 14.7 Å². The predicted octanol–water partition coefficient (Wildman–Crippen LogP) is 1.75. The second-order valence-corrected chi connectivity index (χ2v) is 4.05. The fraction of sp³-hybridized carbons (Fsp3) is 0.333. The van der Waals surface area contributed by atoms with Crippen LogP contribution in [0, 0.1) is 11.3 Å². The van der Waals surface area contributed by atoms with Gasteiger partial charge in [-0.15, -0.1) is 0 Å². The molecule has 1 N–H and O–H groups in total. The fourth-order valence-electron chi connectivity index (χ4n) is 1.56. The number of amides is 1. The van der Waals surface area contributed by atoms with Crippen LogP contribution in [-0.2, 0) is 9.53 Å². The van der Waals surface area contributed by atoms with Gasteiger partial charge in [0, 0.05) is 20.3 Å². The Morgan fingerprint density at radius 3 is 2.90 bits per heavy atom. The van der Waals surface area contributed by atoms with Gasteiger partial charge in [0.2, 0.25) is 0 Å². The van der Waals surface area contributed by atoms with Crippen molar-refractivity contribution in [2.24, 2.45) is 0 Å². The zero-order chi connectivity index (χ0) is 14.8. The van der Waals surface area contributed by atoms with Gasteiger partial charge < -0.3 is 14.8 Å². The van der Waals surface area contributed by atoms with E-state index in [2.05, 4.69) is 5.32 Å². The number of carbonyl (C=O) groups excluding carboxylic acids is 1. The van der Waals surface area contributed by atoms with Crippen molar-refractivity contribution in [1.29, 1.82) is 5.26 Å². The molecule has 5 heteroatoms. The Bertz CT molecular complexity index is 518. The van der Waals surface area contributed by atoms with Gasteiger partial charge in [-0.25, -0.2) is 0 Å². The number of hydrogen-bond donors (Lipinski definition) is 1. The lowest BCUT2D eigenvalue weighted by atomic mass is 10.1. The van der Waals surface area contributed by atoms with Crippen LogP contribution in [0.1, 0.15) is 12.0 Å². The molecule has 0 unspecified atom stereocenters. The molecule has 20 heavy (non-hydrogen) atoms. The van der Waals surface area contributed by atoms with Crippen LogP contribution in [-0.4, -0.2) is 33.3 Å². The fourth-order valence-corrected chi connectivity index (χ4v) is 1.56. The SMILES string of the molecule is COCCCNC(=O)/C(C#N)=C/c1cccc(OC)c1. The van der Waals surface area contributed by atoms with Gasteiger partial charge in [-0.1, -0.05) is 12.1 Å². The third-order valence-corrected chi connectivity index (χ3v) is 2.58. The summed E-state index contributed by atoms with van der Waals surface area (Å²) in [6, 6.07) is 9.07. The maximum atomic E-state index is 11.8. The van der Waals surface area contributed by atoms with E-state index in [1.807, 2.05) is 6.07 Å². The Labute approximate surface area is 118 Å². The first kappa shape index (κ1) is 15.7. The average molecular weight is 274 g/mol. The van der Waals surface area contributed by atoms with Crippen LogP contribution < -0.4 is 10.1 Å². The van der Waals surface area contributed by atoms with E-state index in [9.17, 15) is 4.79 Å². The first-order valence-electron chi connectivity index (χ1n) is 6.24. The molecule has 0 atom stereocenters. The third-order valence-electron chi connectivity index (χ3n) is 2.58. The van der Waals surface area contributed by atoms with E-state index in [0.717, 1.165) is 5.56 Å². The Hall–Kier alpha value is -2.32. The first-order chi connectivity index (χ1) is 9.71. The smallest absolute Gasteiger partial charge is 0.261 e. The average Bonchev–Trinajstić information content (AvgIpc) is 2.49. The standard InChI is InChI=1S/C15H18N2O3/c1-19-8-4-7-17-15(18)13(11-16)9-12-5-3-6-14(10-12)20-2/h3,5-6,9-10H,4,7-8H2,1-2H3,(H,17,18)/b13-9+.